The van der Waals surface area contributed by atoms with Gasteiger partial charge in [0.25, 0.3) is 0 Å². The van der Waals surface area contributed by atoms with E-state index < -0.39 is 12.4 Å². The summed E-state index contributed by atoms with van der Waals surface area (Å²) in [6.45, 7) is 13.6. The van der Waals surface area contributed by atoms with Crippen LogP contribution in [0.3, 0.4) is 0 Å². The van der Waals surface area contributed by atoms with Gasteiger partial charge in [0.05, 0.1) is 59.0 Å². The Kier molecular flexibility index (Phi) is 20.5. The van der Waals surface area contributed by atoms with Gasteiger partial charge in [0.2, 0.25) is 0 Å². The van der Waals surface area contributed by atoms with Gasteiger partial charge in [-0.1, -0.05) is 72.6 Å². The molecule has 0 spiro atoms. The molecular formula is C27H54O7. The lowest BCUT2D eigenvalue weighted by Gasteiger charge is -2.42. The highest BCUT2D eigenvalue weighted by atomic mass is 16.7. The summed E-state index contributed by atoms with van der Waals surface area (Å²) < 4.78 is 33.8. The van der Waals surface area contributed by atoms with Crippen molar-refractivity contribution in [1.29, 1.82) is 0 Å². The molecule has 0 aliphatic carbocycles. The normalized spacial score (nSPS) is 25.1. The summed E-state index contributed by atoms with van der Waals surface area (Å²) in [4.78, 5) is 0. The smallest absolute Gasteiger partial charge is 0.184 e. The molecule has 7 nitrogen and oxygen atoms in total. The third-order valence-electron chi connectivity index (χ3n) is 6.71. The zero-order valence-electron chi connectivity index (χ0n) is 22.5. The minimum atomic E-state index is -0.600. The highest BCUT2D eigenvalue weighted by molar-refractivity contribution is 4.83. The summed E-state index contributed by atoms with van der Waals surface area (Å²) in [6.07, 6.45) is 10.4. The fourth-order valence-corrected chi connectivity index (χ4v) is 4.20. The van der Waals surface area contributed by atoms with Gasteiger partial charge in [-0.15, -0.1) is 0 Å². The molecule has 204 valence electrons. The van der Waals surface area contributed by atoms with Crippen molar-refractivity contribution in [3.8, 4) is 0 Å². The molecule has 1 saturated heterocycles. The van der Waals surface area contributed by atoms with E-state index in [1.807, 2.05) is 0 Å². The van der Waals surface area contributed by atoms with Crippen molar-refractivity contribution in [3.63, 3.8) is 0 Å². The summed E-state index contributed by atoms with van der Waals surface area (Å²) in [5.74, 6) is 0.478. The van der Waals surface area contributed by atoms with Crippen LogP contribution in [0.1, 0.15) is 85.5 Å². The van der Waals surface area contributed by atoms with Crippen molar-refractivity contribution >= 4 is 0 Å². The standard InChI is InChI=1S/C27H54O7/c1-5-7-8-9-10-11-12-13-14-29-15-16-30-17-18-31-19-20-32-21-22-33-27-26(28)24(4)23(3)25(6-2)34-27/h23-28H,5-22H2,1-4H3. The van der Waals surface area contributed by atoms with E-state index in [2.05, 4.69) is 27.7 Å². The summed E-state index contributed by atoms with van der Waals surface area (Å²) >= 11 is 0. The Morgan fingerprint density at radius 2 is 1.06 bits per heavy atom. The third-order valence-corrected chi connectivity index (χ3v) is 6.71. The van der Waals surface area contributed by atoms with Crippen LogP contribution in [-0.2, 0) is 28.4 Å². The van der Waals surface area contributed by atoms with Crippen molar-refractivity contribution in [2.75, 3.05) is 59.5 Å². The maximum Gasteiger partial charge on any atom is 0.184 e. The van der Waals surface area contributed by atoms with E-state index in [1.54, 1.807) is 0 Å². The van der Waals surface area contributed by atoms with Crippen molar-refractivity contribution in [1.82, 2.24) is 0 Å². The highest BCUT2D eigenvalue weighted by Gasteiger charge is 2.40. The lowest BCUT2D eigenvalue weighted by molar-refractivity contribution is -0.272. The maximum atomic E-state index is 10.4. The number of hydrogen-bond acceptors (Lipinski definition) is 7. The molecule has 5 unspecified atom stereocenters. The van der Waals surface area contributed by atoms with E-state index in [-0.39, 0.29) is 12.0 Å². The first-order valence-electron chi connectivity index (χ1n) is 13.9. The van der Waals surface area contributed by atoms with Gasteiger partial charge >= 0.3 is 0 Å². The van der Waals surface area contributed by atoms with Crippen LogP contribution < -0.4 is 0 Å². The Bertz CT molecular complexity index is 435. The molecule has 0 aromatic rings. The first-order chi connectivity index (χ1) is 16.6. The Hall–Kier alpha value is -0.280. The fraction of sp³-hybridized carbons (Fsp3) is 1.00. The molecule has 0 bridgehead atoms. The van der Waals surface area contributed by atoms with Crippen LogP contribution in [0.2, 0.25) is 0 Å². The second-order valence-corrected chi connectivity index (χ2v) is 9.46. The van der Waals surface area contributed by atoms with Gasteiger partial charge in [0, 0.05) is 6.61 Å². The zero-order valence-corrected chi connectivity index (χ0v) is 22.5. The summed E-state index contributed by atoms with van der Waals surface area (Å²) in [7, 11) is 0. The average Bonchev–Trinajstić information content (AvgIpc) is 2.84. The second-order valence-electron chi connectivity index (χ2n) is 9.46. The second kappa shape index (κ2) is 22.0. The van der Waals surface area contributed by atoms with E-state index in [0.29, 0.717) is 58.8 Å². The molecule has 0 saturated carbocycles. The lowest BCUT2D eigenvalue weighted by atomic mass is 9.83. The summed E-state index contributed by atoms with van der Waals surface area (Å²) in [6, 6.07) is 0. The molecule has 5 atom stereocenters. The molecule has 1 aliphatic heterocycles. The lowest BCUT2D eigenvalue weighted by Crippen LogP contribution is -2.50. The van der Waals surface area contributed by atoms with E-state index >= 15 is 0 Å². The molecule has 1 fully saturated rings. The van der Waals surface area contributed by atoms with Crippen LogP contribution in [0.5, 0.6) is 0 Å². The van der Waals surface area contributed by atoms with Gasteiger partial charge in [-0.2, -0.15) is 0 Å². The number of rotatable bonds is 23. The monoisotopic (exact) mass is 490 g/mol. The number of ether oxygens (including phenoxy) is 6. The number of hydrogen-bond donors (Lipinski definition) is 1. The van der Waals surface area contributed by atoms with Crippen LogP contribution in [0.15, 0.2) is 0 Å². The molecule has 7 heteroatoms. The number of aliphatic hydroxyl groups is 1. The molecule has 1 heterocycles. The van der Waals surface area contributed by atoms with Crippen molar-refractivity contribution in [2.45, 2.75) is 104 Å². The maximum absolute atomic E-state index is 10.4. The minimum absolute atomic E-state index is 0.126. The minimum Gasteiger partial charge on any atom is -0.388 e. The first-order valence-corrected chi connectivity index (χ1v) is 13.9. The van der Waals surface area contributed by atoms with E-state index in [0.717, 1.165) is 19.4 Å². The van der Waals surface area contributed by atoms with Gasteiger partial charge in [-0.3, -0.25) is 0 Å². The van der Waals surface area contributed by atoms with Gasteiger partial charge in [-0.25, -0.2) is 0 Å². The van der Waals surface area contributed by atoms with Gasteiger partial charge < -0.3 is 33.5 Å². The Morgan fingerprint density at radius 1 is 0.588 bits per heavy atom. The Labute approximate surface area is 209 Å². The first kappa shape index (κ1) is 31.7. The van der Waals surface area contributed by atoms with Crippen LogP contribution in [0, 0.1) is 11.8 Å². The summed E-state index contributed by atoms with van der Waals surface area (Å²) in [5, 5.41) is 10.4. The van der Waals surface area contributed by atoms with Crippen LogP contribution in [0.4, 0.5) is 0 Å². The summed E-state index contributed by atoms with van der Waals surface area (Å²) in [5.41, 5.74) is 0. The molecule has 1 aliphatic rings. The molecule has 0 aromatic carbocycles. The fourth-order valence-electron chi connectivity index (χ4n) is 4.20. The Morgan fingerprint density at radius 3 is 1.59 bits per heavy atom. The number of aliphatic hydroxyl groups excluding tert-OH is 1. The van der Waals surface area contributed by atoms with Gasteiger partial charge in [-0.05, 0) is 24.7 Å². The molecule has 0 aromatic heterocycles. The SMILES string of the molecule is CCCCCCCCCCOCCOCCOCCOCCOC1OC(CC)C(C)C(C)C1O. The van der Waals surface area contributed by atoms with Crippen molar-refractivity contribution in [2.24, 2.45) is 11.8 Å². The van der Waals surface area contributed by atoms with Crippen molar-refractivity contribution in [3.05, 3.63) is 0 Å². The van der Waals surface area contributed by atoms with E-state index in [1.165, 1.54) is 44.9 Å². The highest BCUT2D eigenvalue weighted by Crippen LogP contribution is 2.32. The molecule has 34 heavy (non-hydrogen) atoms. The molecule has 1 N–H and O–H groups in total. The predicted octanol–water partition coefficient (Wildman–Crippen LogP) is 4.98. The zero-order chi connectivity index (χ0) is 24.9. The van der Waals surface area contributed by atoms with Crippen LogP contribution in [-0.4, -0.2) is 83.1 Å². The van der Waals surface area contributed by atoms with Crippen molar-refractivity contribution < 1.29 is 33.5 Å². The molecule has 1 rings (SSSR count). The number of unbranched alkanes of at least 4 members (excludes halogenated alkanes) is 7. The molecule has 0 radical (unpaired) electrons. The average molecular weight is 491 g/mol. The van der Waals surface area contributed by atoms with Crippen LogP contribution in [0.25, 0.3) is 0 Å². The van der Waals surface area contributed by atoms with E-state index in [4.69, 9.17) is 28.4 Å². The quantitative estimate of drug-likeness (QED) is 0.203. The van der Waals surface area contributed by atoms with E-state index in [9.17, 15) is 5.11 Å². The predicted molar refractivity (Wildman–Crippen MR) is 135 cm³/mol. The van der Waals surface area contributed by atoms with Crippen LogP contribution >= 0.6 is 0 Å². The third kappa shape index (κ3) is 15.0. The Balaban J connectivity index is 1.79. The molecule has 0 amide bonds. The molecular weight excluding hydrogens is 436 g/mol. The van der Waals surface area contributed by atoms with Gasteiger partial charge in [0.1, 0.15) is 6.10 Å². The van der Waals surface area contributed by atoms with Gasteiger partial charge in [0.15, 0.2) is 6.29 Å². The largest absolute Gasteiger partial charge is 0.388 e. The topological polar surface area (TPSA) is 75.6 Å².